The summed E-state index contributed by atoms with van der Waals surface area (Å²) >= 11 is 0. The summed E-state index contributed by atoms with van der Waals surface area (Å²) in [6.45, 7) is 0. The van der Waals surface area contributed by atoms with Crippen LogP contribution in [0.15, 0.2) is 46.2 Å². The number of hydrogen-bond acceptors (Lipinski definition) is 4. The van der Waals surface area contributed by atoms with Crippen LogP contribution in [0.3, 0.4) is 0 Å². The van der Waals surface area contributed by atoms with Gasteiger partial charge in [-0.1, -0.05) is 18.2 Å². The predicted molar refractivity (Wildman–Crippen MR) is 62.0 cm³/mol. The van der Waals surface area contributed by atoms with Gasteiger partial charge in [0, 0.05) is 19.0 Å². The molecule has 1 atom stereocenters. The van der Waals surface area contributed by atoms with Gasteiger partial charge in [-0.3, -0.25) is 4.57 Å². The second kappa shape index (κ2) is 4.05. The van der Waals surface area contributed by atoms with Crippen LogP contribution in [0.5, 0.6) is 0 Å². The second-order valence-electron chi connectivity index (χ2n) is 3.30. The summed E-state index contributed by atoms with van der Waals surface area (Å²) in [5, 5.41) is 8.04. The molecule has 0 saturated heterocycles. The van der Waals surface area contributed by atoms with Gasteiger partial charge in [-0.05, 0) is 12.1 Å². The number of hydrogen-bond donors (Lipinski definition) is 0. The Morgan fingerprint density at radius 3 is 2.62 bits per heavy atom. The number of para-hydroxylation sites is 1. The Kier molecular flexibility index (Phi) is 2.74. The summed E-state index contributed by atoms with van der Waals surface area (Å²) in [5.41, 5.74) is 0.876. The van der Waals surface area contributed by atoms with Gasteiger partial charge in [0.1, 0.15) is 16.1 Å². The minimum atomic E-state index is -2.47. The quantitative estimate of drug-likeness (QED) is 0.790. The maximum Gasteiger partial charge on any atom is 0.234 e. The zero-order chi connectivity index (χ0) is 11.6. The predicted octanol–water partition coefficient (Wildman–Crippen LogP) is 1.35. The molecule has 0 aliphatic heterocycles. The zero-order valence-electron chi connectivity index (χ0n) is 9.07. The van der Waals surface area contributed by atoms with Crippen LogP contribution in [0.1, 0.15) is 0 Å². The first-order chi connectivity index (χ1) is 7.65. The van der Waals surface area contributed by atoms with Crippen molar-refractivity contribution in [1.29, 1.82) is 0 Å². The average Bonchev–Trinajstić information content (AvgIpc) is 2.80. The van der Waals surface area contributed by atoms with Gasteiger partial charge in [-0.25, -0.2) is 8.57 Å². The molecule has 2 aromatic rings. The summed E-state index contributed by atoms with van der Waals surface area (Å²) in [4.78, 5) is 0. The average molecular weight is 236 g/mol. The van der Waals surface area contributed by atoms with Gasteiger partial charge in [-0.2, -0.15) is 0 Å². The van der Waals surface area contributed by atoms with Crippen LogP contribution in [-0.2, 0) is 9.73 Å². The van der Waals surface area contributed by atoms with Crippen molar-refractivity contribution >= 4 is 9.73 Å². The van der Waals surface area contributed by atoms with Gasteiger partial charge in [-0.15, -0.1) is 10.2 Å². The molecule has 0 saturated carbocycles. The lowest BCUT2D eigenvalue weighted by molar-refractivity contribution is 0.668. The maximum atomic E-state index is 12.1. The van der Waals surface area contributed by atoms with Crippen molar-refractivity contribution in [3.8, 4) is 5.69 Å². The molecule has 0 fully saturated rings. The lowest BCUT2D eigenvalue weighted by Crippen LogP contribution is -2.07. The molecule has 1 heterocycles. The molecule has 0 amide bonds. The van der Waals surface area contributed by atoms with Gasteiger partial charge >= 0.3 is 0 Å². The fourth-order valence-electron chi connectivity index (χ4n) is 1.33. The first kappa shape index (κ1) is 10.8. The van der Waals surface area contributed by atoms with E-state index in [4.69, 9.17) is 0 Å². The monoisotopic (exact) mass is 236 g/mol. The molecule has 6 heteroatoms. The Balaban J connectivity index is 2.62. The molecule has 0 aliphatic carbocycles. The molecule has 1 unspecified atom stereocenters. The van der Waals surface area contributed by atoms with Crippen molar-refractivity contribution in [2.24, 2.45) is 4.36 Å². The molecule has 84 valence electrons. The van der Waals surface area contributed by atoms with Crippen LogP contribution in [0.25, 0.3) is 5.69 Å². The number of nitrogens with zero attached hydrogens (tertiary/aromatic N) is 4. The lowest BCUT2D eigenvalue weighted by atomic mass is 10.3. The Labute approximate surface area is 94.3 Å². The topological polar surface area (TPSA) is 60.1 Å². The minimum Gasteiger partial charge on any atom is -0.274 e. The molecule has 16 heavy (non-hydrogen) atoms. The molecule has 2 rings (SSSR count). The van der Waals surface area contributed by atoms with Crippen molar-refractivity contribution in [3.05, 3.63) is 36.7 Å². The van der Waals surface area contributed by atoms with E-state index in [9.17, 15) is 4.21 Å². The second-order valence-corrected chi connectivity index (χ2v) is 5.64. The standard InChI is InChI=1S/C10H12N4OS/c1-11-16(2,15)10-13-12-8-14(10)9-6-4-3-5-7-9/h3-8H,1-2H3. The van der Waals surface area contributed by atoms with E-state index in [1.54, 1.807) is 17.2 Å². The van der Waals surface area contributed by atoms with Gasteiger partial charge in [0.25, 0.3) is 0 Å². The van der Waals surface area contributed by atoms with E-state index in [1.807, 2.05) is 30.3 Å². The van der Waals surface area contributed by atoms with E-state index in [1.165, 1.54) is 7.05 Å². The number of rotatable bonds is 2. The van der Waals surface area contributed by atoms with E-state index in [-0.39, 0.29) is 0 Å². The summed E-state index contributed by atoms with van der Waals surface area (Å²) in [6.07, 6.45) is 3.09. The highest BCUT2D eigenvalue weighted by molar-refractivity contribution is 7.92. The van der Waals surface area contributed by atoms with Crippen molar-refractivity contribution in [2.75, 3.05) is 13.3 Å². The van der Waals surface area contributed by atoms with E-state index in [2.05, 4.69) is 14.6 Å². The fraction of sp³-hybridized carbons (Fsp3) is 0.200. The van der Waals surface area contributed by atoms with Crippen LogP contribution >= 0.6 is 0 Å². The van der Waals surface area contributed by atoms with Crippen LogP contribution in [-0.4, -0.2) is 32.3 Å². The summed E-state index contributed by atoms with van der Waals surface area (Å²) in [7, 11) is -0.949. The van der Waals surface area contributed by atoms with Gasteiger partial charge in [0.05, 0.1) is 0 Å². The van der Waals surface area contributed by atoms with E-state index in [0.29, 0.717) is 5.16 Å². The highest BCUT2D eigenvalue weighted by atomic mass is 32.2. The normalized spacial score (nSPS) is 14.4. The molecular formula is C10H12N4OS. The Bertz CT molecular complexity index is 596. The molecule has 1 aromatic carbocycles. The van der Waals surface area contributed by atoms with Crippen LogP contribution in [0, 0.1) is 0 Å². The maximum absolute atomic E-state index is 12.1. The van der Waals surface area contributed by atoms with Crippen molar-refractivity contribution < 1.29 is 4.21 Å². The molecule has 0 N–H and O–H groups in total. The molecule has 0 aliphatic rings. The summed E-state index contributed by atoms with van der Waals surface area (Å²) < 4.78 is 17.7. The first-order valence-corrected chi connectivity index (χ1v) is 6.63. The van der Waals surface area contributed by atoms with Crippen molar-refractivity contribution in [3.63, 3.8) is 0 Å². The number of benzene rings is 1. The minimum absolute atomic E-state index is 0.376. The molecule has 0 radical (unpaired) electrons. The lowest BCUT2D eigenvalue weighted by Gasteiger charge is -2.06. The van der Waals surface area contributed by atoms with E-state index >= 15 is 0 Å². The molecule has 5 nitrogen and oxygen atoms in total. The van der Waals surface area contributed by atoms with Crippen LogP contribution in [0.4, 0.5) is 0 Å². The first-order valence-electron chi connectivity index (χ1n) is 4.71. The highest BCUT2D eigenvalue weighted by Crippen LogP contribution is 2.14. The SMILES string of the molecule is CN=S(C)(=O)c1nncn1-c1ccccc1. The van der Waals surface area contributed by atoms with E-state index in [0.717, 1.165) is 5.69 Å². The third-order valence-corrected chi connectivity index (χ3v) is 3.89. The van der Waals surface area contributed by atoms with Gasteiger partial charge in [0.15, 0.2) is 0 Å². The molecule has 0 spiro atoms. The zero-order valence-corrected chi connectivity index (χ0v) is 9.89. The summed E-state index contributed by atoms with van der Waals surface area (Å²) in [5.74, 6) is 0. The van der Waals surface area contributed by atoms with Crippen molar-refractivity contribution in [1.82, 2.24) is 14.8 Å². The summed E-state index contributed by atoms with van der Waals surface area (Å²) in [6, 6.07) is 9.52. The Morgan fingerprint density at radius 2 is 2.00 bits per heavy atom. The van der Waals surface area contributed by atoms with Gasteiger partial charge < -0.3 is 0 Å². The van der Waals surface area contributed by atoms with Crippen molar-refractivity contribution in [2.45, 2.75) is 5.16 Å². The highest BCUT2D eigenvalue weighted by Gasteiger charge is 2.14. The third-order valence-electron chi connectivity index (χ3n) is 2.24. The molecule has 0 bridgehead atoms. The number of aromatic nitrogens is 3. The Morgan fingerprint density at radius 1 is 1.31 bits per heavy atom. The fourth-order valence-corrected chi connectivity index (χ4v) is 2.21. The molecular weight excluding hydrogens is 224 g/mol. The smallest absolute Gasteiger partial charge is 0.234 e. The third kappa shape index (κ3) is 1.83. The van der Waals surface area contributed by atoms with Crippen LogP contribution < -0.4 is 0 Å². The Hall–Kier alpha value is -1.69. The largest absolute Gasteiger partial charge is 0.274 e. The van der Waals surface area contributed by atoms with Crippen LogP contribution in [0.2, 0.25) is 0 Å². The molecule has 1 aromatic heterocycles. The van der Waals surface area contributed by atoms with E-state index < -0.39 is 9.73 Å². The van der Waals surface area contributed by atoms with Gasteiger partial charge in [0.2, 0.25) is 5.16 Å².